The van der Waals surface area contributed by atoms with Crippen LogP contribution < -0.4 is 9.47 Å². The van der Waals surface area contributed by atoms with Crippen molar-refractivity contribution in [1.82, 2.24) is 0 Å². The summed E-state index contributed by atoms with van der Waals surface area (Å²) in [5.41, 5.74) is 4.75. The Hall–Kier alpha value is -4.70. The maximum absolute atomic E-state index is 13.7. The maximum Gasteiger partial charge on any atom is 0.311 e. The van der Waals surface area contributed by atoms with E-state index in [1.54, 1.807) is 0 Å². The topological polar surface area (TPSA) is 52.6 Å². The van der Waals surface area contributed by atoms with Gasteiger partial charge in [0.15, 0.2) is 0 Å². The number of unbranched alkanes of at least 4 members (excludes halogenated alkanes) is 16. The molecule has 6 rings (SSSR count). The number of ether oxygens (including phenoxy) is 2. The second-order valence-electron chi connectivity index (χ2n) is 17.9. The van der Waals surface area contributed by atoms with Gasteiger partial charge in [0.05, 0.1) is 0 Å². The van der Waals surface area contributed by atoms with Crippen LogP contribution in [0.2, 0.25) is 0 Å². The SMILES string of the molecule is CCCCCCCCCCCC(=O)Oc1c2ccccc2c(-c2c3ccccc3c(OC(=O)CCCCCCCCCCC)c3ccc(CCC)cc23)c2cc(CCC)ccc12. The Bertz CT molecular complexity index is 2200. The summed E-state index contributed by atoms with van der Waals surface area (Å²) < 4.78 is 12.9. The highest BCUT2D eigenvalue weighted by Crippen LogP contribution is 2.50. The zero-order chi connectivity index (χ0) is 43.5. The van der Waals surface area contributed by atoms with Gasteiger partial charge in [-0.2, -0.15) is 0 Å². The lowest BCUT2D eigenvalue weighted by molar-refractivity contribution is -0.135. The minimum Gasteiger partial charge on any atom is -0.425 e. The molecule has 0 heterocycles. The van der Waals surface area contributed by atoms with E-state index in [9.17, 15) is 9.59 Å². The summed E-state index contributed by atoms with van der Waals surface area (Å²) in [4.78, 5) is 27.4. The molecule has 6 aromatic carbocycles. The molecule has 330 valence electrons. The number of hydrogen-bond acceptors (Lipinski definition) is 4. The predicted octanol–water partition coefficient (Wildman–Crippen LogP) is 17.5. The molecule has 0 atom stereocenters. The lowest BCUT2D eigenvalue weighted by atomic mass is 9.84. The number of hydrogen-bond donors (Lipinski definition) is 0. The summed E-state index contributed by atoms with van der Waals surface area (Å²) in [6, 6.07) is 30.3. The molecule has 4 nitrogen and oxygen atoms in total. The average molecular weight is 835 g/mol. The normalized spacial score (nSPS) is 11.6. The van der Waals surface area contributed by atoms with Crippen LogP contribution in [0.15, 0.2) is 84.9 Å². The van der Waals surface area contributed by atoms with Gasteiger partial charge in [-0.3, -0.25) is 9.59 Å². The fraction of sp³-hybridized carbons (Fsp3) is 0.483. The molecule has 6 aromatic rings. The van der Waals surface area contributed by atoms with Gasteiger partial charge in [-0.1, -0.05) is 228 Å². The third-order valence-electron chi connectivity index (χ3n) is 12.8. The van der Waals surface area contributed by atoms with Gasteiger partial charge in [0.2, 0.25) is 0 Å². The number of aryl methyl sites for hydroxylation is 2. The van der Waals surface area contributed by atoms with E-state index in [2.05, 4.69) is 100 Å². The third kappa shape index (κ3) is 12.3. The lowest BCUT2D eigenvalue weighted by Gasteiger charge is -2.22. The van der Waals surface area contributed by atoms with Crippen LogP contribution in [0.4, 0.5) is 0 Å². The first kappa shape index (κ1) is 46.8. The molecule has 0 aliphatic rings. The molecule has 0 unspecified atom stereocenters. The van der Waals surface area contributed by atoms with Crippen molar-refractivity contribution in [1.29, 1.82) is 0 Å². The molecule has 0 N–H and O–H groups in total. The quantitative estimate of drug-likeness (QED) is 0.0224. The van der Waals surface area contributed by atoms with Crippen LogP contribution in [0.1, 0.15) is 180 Å². The largest absolute Gasteiger partial charge is 0.425 e. The average Bonchev–Trinajstić information content (AvgIpc) is 3.28. The van der Waals surface area contributed by atoms with E-state index >= 15 is 0 Å². The molecule has 0 bridgehead atoms. The van der Waals surface area contributed by atoms with Crippen molar-refractivity contribution in [2.45, 2.75) is 182 Å². The molecule has 0 saturated carbocycles. The van der Waals surface area contributed by atoms with E-state index in [-0.39, 0.29) is 11.9 Å². The fourth-order valence-electron chi connectivity index (χ4n) is 9.51. The van der Waals surface area contributed by atoms with Crippen molar-refractivity contribution in [3.05, 3.63) is 96.1 Å². The van der Waals surface area contributed by atoms with E-state index in [0.717, 1.165) is 106 Å². The molecule has 0 fully saturated rings. The predicted molar refractivity (Wildman–Crippen MR) is 265 cm³/mol. The van der Waals surface area contributed by atoms with Crippen molar-refractivity contribution in [3.63, 3.8) is 0 Å². The number of carbonyl (C=O) groups excluding carboxylic acids is 2. The van der Waals surface area contributed by atoms with Gasteiger partial charge < -0.3 is 9.47 Å². The van der Waals surface area contributed by atoms with Crippen molar-refractivity contribution in [3.8, 4) is 22.6 Å². The fourth-order valence-corrected chi connectivity index (χ4v) is 9.51. The summed E-state index contributed by atoms with van der Waals surface area (Å²) in [7, 11) is 0. The smallest absolute Gasteiger partial charge is 0.311 e. The lowest BCUT2D eigenvalue weighted by Crippen LogP contribution is -2.09. The van der Waals surface area contributed by atoms with Gasteiger partial charge >= 0.3 is 11.9 Å². The molecular formula is C58H74O4. The molecule has 4 heteroatoms. The Balaban J connectivity index is 1.39. The highest BCUT2D eigenvalue weighted by molar-refractivity contribution is 6.27. The minimum atomic E-state index is -0.168. The molecular weight excluding hydrogens is 761 g/mol. The molecule has 0 aliphatic carbocycles. The van der Waals surface area contributed by atoms with E-state index in [0.29, 0.717) is 24.3 Å². The summed E-state index contributed by atoms with van der Waals surface area (Å²) in [5, 5.41) is 7.97. The number of esters is 2. The molecule has 0 aromatic heterocycles. The Morgan fingerprint density at radius 1 is 0.355 bits per heavy atom. The van der Waals surface area contributed by atoms with Crippen LogP contribution in [0.3, 0.4) is 0 Å². The Morgan fingerprint density at radius 3 is 1.03 bits per heavy atom. The summed E-state index contributed by atoms with van der Waals surface area (Å²) in [6.45, 7) is 8.95. The van der Waals surface area contributed by atoms with Crippen molar-refractivity contribution >= 4 is 55.0 Å². The van der Waals surface area contributed by atoms with Gasteiger partial charge in [0.1, 0.15) is 11.5 Å². The second-order valence-corrected chi connectivity index (χ2v) is 17.9. The minimum absolute atomic E-state index is 0.168. The molecule has 0 radical (unpaired) electrons. The van der Waals surface area contributed by atoms with Gasteiger partial charge in [-0.25, -0.2) is 0 Å². The molecule has 0 spiro atoms. The number of fused-ring (bicyclic) bond motifs is 4. The summed E-state index contributed by atoms with van der Waals surface area (Å²) in [5.74, 6) is 0.952. The molecule has 0 amide bonds. The van der Waals surface area contributed by atoms with Crippen LogP contribution in [0.25, 0.3) is 54.2 Å². The Labute approximate surface area is 373 Å². The van der Waals surface area contributed by atoms with Gasteiger partial charge in [0, 0.05) is 34.4 Å². The van der Waals surface area contributed by atoms with Crippen LogP contribution >= 0.6 is 0 Å². The molecule has 0 aliphatic heterocycles. The monoisotopic (exact) mass is 835 g/mol. The molecule has 62 heavy (non-hydrogen) atoms. The number of rotatable bonds is 27. The van der Waals surface area contributed by atoms with Crippen LogP contribution in [0.5, 0.6) is 11.5 Å². The standard InChI is InChI=1S/C58H74O4/c1-5-9-11-13-15-17-19-21-23-35-53(59)61-57-47-33-27-25-31-45(47)55(51-41-43(29-7-3)37-39-49(51)57)56-46-32-26-28-34-48(46)58(50-40-38-44(30-8-4)42-52(50)56)62-54(60)36-24-22-20-18-16-14-12-10-6-2/h25-28,31-34,37-42H,5-24,29-30,35-36H2,1-4H3. The van der Waals surface area contributed by atoms with E-state index in [1.165, 1.54) is 101 Å². The zero-order valence-corrected chi connectivity index (χ0v) is 38.7. The van der Waals surface area contributed by atoms with Crippen LogP contribution in [0, 0.1) is 0 Å². The first-order valence-electron chi connectivity index (χ1n) is 24.8. The zero-order valence-electron chi connectivity index (χ0n) is 38.7. The van der Waals surface area contributed by atoms with Crippen LogP contribution in [-0.4, -0.2) is 11.9 Å². The highest BCUT2D eigenvalue weighted by Gasteiger charge is 2.25. The molecule has 0 saturated heterocycles. The van der Waals surface area contributed by atoms with Crippen molar-refractivity contribution in [2.24, 2.45) is 0 Å². The number of benzene rings is 6. The third-order valence-corrected chi connectivity index (χ3v) is 12.8. The van der Waals surface area contributed by atoms with Gasteiger partial charge in [-0.15, -0.1) is 0 Å². The van der Waals surface area contributed by atoms with E-state index in [1.807, 2.05) is 12.1 Å². The van der Waals surface area contributed by atoms with Crippen molar-refractivity contribution in [2.75, 3.05) is 0 Å². The van der Waals surface area contributed by atoms with E-state index in [4.69, 9.17) is 9.47 Å². The number of carbonyl (C=O) groups is 2. The summed E-state index contributed by atoms with van der Waals surface area (Å²) in [6.07, 6.45) is 26.4. The van der Waals surface area contributed by atoms with Crippen molar-refractivity contribution < 1.29 is 19.1 Å². The highest BCUT2D eigenvalue weighted by atomic mass is 16.5. The summed E-state index contributed by atoms with van der Waals surface area (Å²) >= 11 is 0. The second kappa shape index (κ2) is 24.8. The maximum atomic E-state index is 13.7. The first-order chi connectivity index (χ1) is 30.5. The first-order valence-corrected chi connectivity index (χ1v) is 24.8. The Kier molecular flexibility index (Phi) is 18.7. The Morgan fingerprint density at radius 2 is 0.677 bits per heavy atom. The van der Waals surface area contributed by atoms with Gasteiger partial charge in [-0.05, 0) is 69.5 Å². The van der Waals surface area contributed by atoms with Gasteiger partial charge in [0.25, 0.3) is 0 Å². The van der Waals surface area contributed by atoms with E-state index < -0.39 is 0 Å². The van der Waals surface area contributed by atoms with Crippen LogP contribution in [-0.2, 0) is 22.4 Å².